The Morgan fingerprint density at radius 3 is 2.30 bits per heavy atom. The second-order valence-corrected chi connectivity index (χ2v) is 8.04. The molecule has 1 amide bonds. The van der Waals surface area contributed by atoms with Crippen LogP contribution in [0, 0.1) is 0 Å². The summed E-state index contributed by atoms with van der Waals surface area (Å²) < 4.78 is 41.6. The lowest BCUT2D eigenvalue weighted by Gasteiger charge is -2.15. The second kappa shape index (κ2) is 8.49. The number of amides is 1. The fourth-order valence-electron chi connectivity index (χ4n) is 2.33. The topological polar surface area (TPSA) is 103 Å². The number of hydrogen-bond acceptors (Lipinski definition) is 6. The van der Waals surface area contributed by atoms with Crippen LogP contribution in [0.15, 0.2) is 34.8 Å². The van der Waals surface area contributed by atoms with Gasteiger partial charge in [-0.1, -0.05) is 0 Å². The fraction of sp³-hybridized carbons (Fsp3) is 0.235. The van der Waals surface area contributed by atoms with E-state index in [1.54, 1.807) is 18.2 Å². The molecule has 0 saturated carbocycles. The molecule has 0 saturated heterocycles. The summed E-state index contributed by atoms with van der Waals surface area (Å²) in [7, 11) is 0.836. The third-order valence-electron chi connectivity index (χ3n) is 3.45. The van der Waals surface area contributed by atoms with Crippen molar-refractivity contribution in [1.82, 2.24) is 0 Å². The smallest absolute Gasteiger partial charge is 0.259 e. The first-order valence-corrected chi connectivity index (χ1v) is 10.3. The molecular formula is C17H19BrN2O6S. The molecule has 0 unspecified atom stereocenters. The summed E-state index contributed by atoms with van der Waals surface area (Å²) in [5.41, 5.74) is 0.821. The third kappa shape index (κ3) is 5.27. The van der Waals surface area contributed by atoms with Gasteiger partial charge >= 0.3 is 0 Å². The van der Waals surface area contributed by atoms with E-state index in [0.29, 0.717) is 27.4 Å². The molecule has 8 nitrogen and oxygen atoms in total. The second-order valence-electron chi connectivity index (χ2n) is 5.43. The summed E-state index contributed by atoms with van der Waals surface area (Å²) in [5.74, 6) is 0.681. The normalized spacial score (nSPS) is 10.9. The fourth-order valence-corrected chi connectivity index (χ4v) is 3.49. The predicted octanol–water partition coefficient (Wildman–Crippen LogP) is 3.10. The number of methoxy groups -OCH3 is 3. The SMILES string of the molecule is COc1cc(Br)c(OC)c(C(=O)Nc2ccc(OC)c(NS(C)(=O)=O)c2)c1. The average Bonchev–Trinajstić information content (AvgIpc) is 2.59. The molecule has 0 bridgehead atoms. The zero-order chi connectivity index (χ0) is 20.2. The van der Waals surface area contributed by atoms with Crippen LogP contribution in [-0.4, -0.2) is 41.9 Å². The van der Waals surface area contributed by atoms with Gasteiger partial charge in [-0.3, -0.25) is 9.52 Å². The van der Waals surface area contributed by atoms with Crippen LogP contribution >= 0.6 is 15.9 Å². The van der Waals surface area contributed by atoms with Gasteiger partial charge in [-0.25, -0.2) is 8.42 Å². The highest BCUT2D eigenvalue weighted by Gasteiger charge is 2.18. The van der Waals surface area contributed by atoms with Gasteiger partial charge in [0.25, 0.3) is 5.91 Å². The summed E-state index contributed by atoms with van der Waals surface area (Å²) in [6, 6.07) is 7.81. The Hall–Kier alpha value is -2.46. The van der Waals surface area contributed by atoms with Crippen LogP contribution in [-0.2, 0) is 10.0 Å². The summed E-state index contributed by atoms with van der Waals surface area (Å²) in [4.78, 5) is 12.7. The third-order valence-corrected chi connectivity index (χ3v) is 4.63. The van der Waals surface area contributed by atoms with Gasteiger partial charge in [0, 0.05) is 5.69 Å². The Morgan fingerprint density at radius 2 is 1.74 bits per heavy atom. The first-order chi connectivity index (χ1) is 12.7. The molecule has 27 heavy (non-hydrogen) atoms. The Balaban J connectivity index is 2.38. The van der Waals surface area contributed by atoms with Crippen molar-refractivity contribution in [2.24, 2.45) is 0 Å². The maximum atomic E-state index is 12.7. The highest BCUT2D eigenvalue weighted by atomic mass is 79.9. The van der Waals surface area contributed by atoms with Gasteiger partial charge in [0.1, 0.15) is 17.2 Å². The molecule has 0 radical (unpaired) electrons. The van der Waals surface area contributed by atoms with E-state index in [9.17, 15) is 13.2 Å². The predicted molar refractivity (Wildman–Crippen MR) is 107 cm³/mol. The number of nitrogens with one attached hydrogen (secondary N) is 2. The molecule has 0 atom stereocenters. The zero-order valence-electron chi connectivity index (χ0n) is 15.1. The van der Waals surface area contributed by atoms with Crippen LogP contribution in [0.2, 0.25) is 0 Å². The molecule has 0 aromatic heterocycles. The lowest BCUT2D eigenvalue weighted by atomic mass is 10.1. The molecule has 0 fully saturated rings. The van der Waals surface area contributed by atoms with Crippen molar-refractivity contribution in [1.29, 1.82) is 0 Å². The number of sulfonamides is 1. The Bertz CT molecular complexity index is 962. The minimum Gasteiger partial charge on any atom is -0.497 e. The van der Waals surface area contributed by atoms with Crippen LogP contribution in [0.4, 0.5) is 11.4 Å². The molecule has 0 aliphatic rings. The minimum atomic E-state index is -3.52. The quantitative estimate of drug-likeness (QED) is 0.660. The molecule has 0 aliphatic carbocycles. The van der Waals surface area contributed by atoms with Gasteiger partial charge < -0.3 is 19.5 Å². The van der Waals surface area contributed by atoms with Crippen LogP contribution in [0.3, 0.4) is 0 Å². The number of anilines is 2. The van der Waals surface area contributed by atoms with E-state index in [4.69, 9.17) is 14.2 Å². The van der Waals surface area contributed by atoms with Crippen molar-refractivity contribution in [3.8, 4) is 17.2 Å². The van der Waals surface area contributed by atoms with Gasteiger partial charge in [-0.2, -0.15) is 0 Å². The average molecular weight is 459 g/mol. The van der Waals surface area contributed by atoms with E-state index in [1.807, 2.05) is 0 Å². The van der Waals surface area contributed by atoms with Gasteiger partial charge in [0.2, 0.25) is 10.0 Å². The van der Waals surface area contributed by atoms with E-state index >= 15 is 0 Å². The highest BCUT2D eigenvalue weighted by Crippen LogP contribution is 2.34. The Kier molecular flexibility index (Phi) is 6.55. The van der Waals surface area contributed by atoms with Gasteiger partial charge in [-0.05, 0) is 46.3 Å². The van der Waals surface area contributed by atoms with Gasteiger partial charge in [0.15, 0.2) is 0 Å². The van der Waals surface area contributed by atoms with Crippen molar-refractivity contribution < 1.29 is 27.4 Å². The molecular weight excluding hydrogens is 440 g/mol. The molecule has 2 N–H and O–H groups in total. The number of hydrogen-bond donors (Lipinski definition) is 2. The Morgan fingerprint density at radius 1 is 1.04 bits per heavy atom. The van der Waals surface area contributed by atoms with E-state index in [0.717, 1.165) is 6.26 Å². The number of rotatable bonds is 7. The summed E-state index contributed by atoms with van der Waals surface area (Å²) in [6.07, 6.45) is 1.02. The van der Waals surface area contributed by atoms with Crippen molar-refractivity contribution >= 4 is 43.2 Å². The lowest BCUT2D eigenvalue weighted by Crippen LogP contribution is -2.15. The molecule has 2 rings (SSSR count). The monoisotopic (exact) mass is 458 g/mol. The van der Waals surface area contributed by atoms with Crippen LogP contribution in [0.25, 0.3) is 0 Å². The van der Waals surface area contributed by atoms with Crippen molar-refractivity contribution in [3.05, 3.63) is 40.4 Å². The summed E-state index contributed by atoms with van der Waals surface area (Å²) >= 11 is 3.34. The summed E-state index contributed by atoms with van der Waals surface area (Å²) in [6.45, 7) is 0. The van der Waals surface area contributed by atoms with Crippen molar-refractivity contribution in [2.75, 3.05) is 37.6 Å². The molecule has 2 aromatic carbocycles. The van der Waals surface area contributed by atoms with Crippen LogP contribution in [0.5, 0.6) is 17.2 Å². The maximum Gasteiger partial charge on any atom is 0.259 e. The van der Waals surface area contributed by atoms with Gasteiger partial charge in [0.05, 0.1) is 43.3 Å². The van der Waals surface area contributed by atoms with Crippen LogP contribution in [0.1, 0.15) is 10.4 Å². The Labute approximate surface area is 166 Å². The number of halogens is 1. The maximum absolute atomic E-state index is 12.7. The first-order valence-electron chi connectivity index (χ1n) is 7.57. The molecule has 0 spiro atoms. The first kappa shape index (κ1) is 20.8. The zero-order valence-corrected chi connectivity index (χ0v) is 17.5. The molecule has 146 valence electrons. The molecule has 0 aliphatic heterocycles. The number of ether oxygens (including phenoxy) is 3. The van der Waals surface area contributed by atoms with Gasteiger partial charge in [-0.15, -0.1) is 0 Å². The highest BCUT2D eigenvalue weighted by molar-refractivity contribution is 9.10. The number of carbonyl (C=O) groups is 1. The standard InChI is InChI=1S/C17H19BrN2O6S/c1-24-11-8-12(16(26-3)13(18)9-11)17(21)19-10-5-6-15(25-2)14(7-10)20-27(4,22)23/h5-9,20H,1-4H3,(H,19,21). The largest absolute Gasteiger partial charge is 0.497 e. The van der Waals surface area contributed by atoms with Crippen molar-refractivity contribution in [3.63, 3.8) is 0 Å². The summed E-state index contributed by atoms with van der Waals surface area (Å²) in [5, 5.41) is 2.70. The van der Waals surface area contributed by atoms with E-state index in [-0.39, 0.29) is 11.3 Å². The lowest BCUT2D eigenvalue weighted by molar-refractivity contribution is 0.102. The molecule has 0 heterocycles. The van der Waals surface area contributed by atoms with E-state index in [2.05, 4.69) is 26.0 Å². The van der Waals surface area contributed by atoms with Crippen molar-refractivity contribution in [2.45, 2.75) is 0 Å². The van der Waals surface area contributed by atoms with E-state index in [1.165, 1.54) is 33.5 Å². The minimum absolute atomic E-state index is 0.205. The number of benzene rings is 2. The van der Waals surface area contributed by atoms with Crippen LogP contribution < -0.4 is 24.2 Å². The number of carbonyl (C=O) groups excluding carboxylic acids is 1. The molecule has 10 heteroatoms. The molecule has 2 aromatic rings. The van der Waals surface area contributed by atoms with E-state index < -0.39 is 15.9 Å².